The number of nitrogen functional groups attached to an aromatic ring is 1. The average Bonchev–Trinajstić information content (AvgIpc) is 2.74. The fourth-order valence-electron chi connectivity index (χ4n) is 2.30. The number of likely N-dealkylation sites (tertiary alicyclic amines) is 1. The van der Waals surface area contributed by atoms with Gasteiger partial charge in [-0.3, -0.25) is 4.68 Å². The summed E-state index contributed by atoms with van der Waals surface area (Å²) in [4.78, 5) is 2.45. The van der Waals surface area contributed by atoms with E-state index in [1.165, 1.54) is 25.8 Å². The normalized spacial score (nSPS) is 22.4. The maximum Gasteiger partial charge on any atom is 0.0730 e. The van der Waals surface area contributed by atoms with E-state index in [0.717, 1.165) is 24.0 Å². The molecule has 4 nitrogen and oxygen atoms in total. The Balaban J connectivity index is 1.90. The number of hydrogen-bond donors (Lipinski definition) is 1. The van der Waals surface area contributed by atoms with Gasteiger partial charge < -0.3 is 10.6 Å². The van der Waals surface area contributed by atoms with E-state index in [-0.39, 0.29) is 0 Å². The van der Waals surface area contributed by atoms with Crippen molar-refractivity contribution in [2.24, 2.45) is 0 Å². The van der Waals surface area contributed by atoms with Crippen molar-refractivity contribution in [2.75, 3.05) is 19.3 Å². The molecule has 2 heterocycles. The van der Waals surface area contributed by atoms with Gasteiger partial charge in [-0.05, 0) is 39.8 Å². The van der Waals surface area contributed by atoms with Crippen LogP contribution in [0.1, 0.15) is 25.0 Å². The van der Waals surface area contributed by atoms with Gasteiger partial charge in [0.2, 0.25) is 0 Å². The number of rotatable bonds is 3. The molecule has 0 radical (unpaired) electrons. The molecule has 0 aromatic carbocycles. The van der Waals surface area contributed by atoms with Gasteiger partial charge in [0, 0.05) is 12.6 Å². The van der Waals surface area contributed by atoms with E-state index >= 15 is 0 Å². The maximum absolute atomic E-state index is 5.76. The summed E-state index contributed by atoms with van der Waals surface area (Å²) in [6.45, 7) is 4.25. The Morgan fingerprint density at radius 3 is 2.93 bits per heavy atom. The van der Waals surface area contributed by atoms with Crippen molar-refractivity contribution in [1.82, 2.24) is 14.7 Å². The molecule has 1 atom stereocenters. The van der Waals surface area contributed by atoms with Crippen LogP contribution in [0.2, 0.25) is 0 Å². The third kappa shape index (κ3) is 2.15. The third-order valence-corrected chi connectivity index (χ3v) is 3.49. The molecular formula is C11H20N4. The molecule has 0 saturated carbocycles. The Bertz CT molecular complexity index is 331. The van der Waals surface area contributed by atoms with Gasteiger partial charge in [-0.25, -0.2) is 0 Å². The lowest BCUT2D eigenvalue weighted by Gasteiger charge is -2.19. The van der Waals surface area contributed by atoms with Crippen LogP contribution >= 0.6 is 0 Å². The van der Waals surface area contributed by atoms with Gasteiger partial charge in [0.25, 0.3) is 0 Å². The molecule has 1 aromatic rings. The lowest BCUT2D eigenvalue weighted by molar-refractivity contribution is 0.282. The van der Waals surface area contributed by atoms with Crippen LogP contribution in [-0.4, -0.2) is 34.3 Å². The van der Waals surface area contributed by atoms with E-state index < -0.39 is 0 Å². The second-order valence-corrected chi connectivity index (χ2v) is 4.47. The number of anilines is 1. The molecule has 1 fully saturated rings. The lowest BCUT2D eigenvalue weighted by Crippen LogP contribution is -2.26. The zero-order chi connectivity index (χ0) is 10.8. The van der Waals surface area contributed by atoms with Crippen LogP contribution in [0.3, 0.4) is 0 Å². The van der Waals surface area contributed by atoms with E-state index in [2.05, 4.69) is 17.0 Å². The van der Waals surface area contributed by atoms with E-state index in [9.17, 15) is 0 Å². The molecule has 4 heteroatoms. The van der Waals surface area contributed by atoms with E-state index in [4.69, 9.17) is 5.73 Å². The summed E-state index contributed by atoms with van der Waals surface area (Å²) in [6.07, 6.45) is 5.58. The third-order valence-electron chi connectivity index (χ3n) is 3.49. The molecule has 2 rings (SSSR count). The Morgan fingerprint density at radius 2 is 2.40 bits per heavy atom. The first-order valence-electron chi connectivity index (χ1n) is 5.66. The molecule has 0 amide bonds. The summed E-state index contributed by atoms with van der Waals surface area (Å²) in [5, 5.41) is 4.27. The van der Waals surface area contributed by atoms with Gasteiger partial charge in [0.05, 0.1) is 17.6 Å². The topological polar surface area (TPSA) is 47.1 Å². The SMILES string of the molecule is Cc1c(N)cnn1CCC1CCCN1C. The monoisotopic (exact) mass is 208 g/mol. The van der Waals surface area contributed by atoms with Crippen LogP contribution in [0.5, 0.6) is 0 Å². The highest BCUT2D eigenvalue weighted by Crippen LogP contribution is 2.19. The Morgan fingerprint density at radius 1 is 1.60 bits per heavy atom. The van der Waals surface area contributed by atoms with Crippen LogP contribution in [0, 0.1) is 6.92 Å². The predicted molar refractivity (Wildman–Crippen MR) is 61.6 cm³/mol. The molecule has 1 saturated heterocycles. The molecule has 0 bridgehead atoms. The molecule has 1 unspecified atom stereocenters. The average molecular weight is 208 g/mol. The predicted octanol–water partition coefficient (Wildman–Crippen LogP) is 1.26. The van der Waals surface area contributed by atoms with Crippen LogP contribution < -0.4 is 5.73 Å². The fourth-order valence-corrected chi connectivity index (χ4v) is 2.30. The standard InChI is InChI=1S/C11H20N4/c1-9-11(12)8-13-15(9)7-5-10-4-3-6-14(10)2/h8,10H,3-7,12H2,1-2H3. The summed E-state index contributed by atoms with van der Waals surface area (Å²) < 4.78 is 2.02. The van der Waals surface area contributed by atoms with E-state index in [1.807, 2.05) is 11.6 Å². The molecular weight excluding hydrogens is 188 g/mol. The number of hydrogen-bond acceptors (Lipinski definition) is 3. The Kier molecular flexibility index (Phi) is 2.95. The zero-order valence-electron chi connectivity index (χ0n) is 9.61. The van der Waals surface area contributed by atoms with Crippen molar-refractivity contribution in [2.45, 2.75) is 38.8 Å². The first kappa shape index (κ1) is 10.5. The number of aryl methyl sites for hydroxylation is 1. The van der Waals surface area contributed by atoms with Crippen molar-refractivity contribution in [1.29, 1.82) is 0 Å². The molecule has 0 aliphatic carbocycles. The van der Waals surface area contributed by atoms with E-state index in [0.29, 0.717) is 0 Å². The smallest absolute Gasteiger partial charge is 0.0730 e. The summed E-state index contributed by atoms with van der Waals surface area (Å²) >= 11 is 0. The van der Waals surface area contributed by atoms with Crippen molar-refractivity contribution in [3.63, 3.8) is 0 Å². The van der Waals surface area contributed by atoms with Gasteiger partial charge in [-0.1, -0.05) is 0 Å². The molecule has 1 aliphatic heterocycles. The van der Waals surface area contributed by atoms with E-state index in [1.54, 1.807) is 6.20 Å². The minimum Gasteiger partial charge on any atom is -0.396 e. The largest absolute Gasteiger partial charge is 0.396 e. The molecule has 84 valence electrons. The van der Waals surface area contributed by atoms with Crippen molar-refractivity contribution >= 4 is 5.69 Å². The Hall–Kier alpha value is -1.03. The van der Waals surface area contributed by atoms with Crippen LogP contribution in [-0.2, 0) is 6.54 Å². The fraction of sp³-hybridized carbons (Fsp3) is 0.727. The van der Waals surface area contributed by atoms with Gasteiger partial charge >= 0.3 is 0 Å². The quantitative estimate of drug-likeness (QED) is 0.813. The Labute approximate surface area is 91.1 Å². The summed E-state index contributed by atoms with van der Waals surface area (Å²) in [5.74, 6) is 0. The molecule has 1 aromatic heterocycles. The van der Waals surface area contributed by atoms with Crippen LogP contribution in [0.25, 0.3) is 0 Å². The highest BCUT2D eigenvalue weighted by atomic mass is 15.3. The van der Waals surface area contributed by atoms with Crippen LogP contribution in [0.4, 0.5) is 5.69 Å². The summed E-state index contributed by atoms with van der Waals surface area (Å²) in [7, 11) is 2.21. The van der Waals surface area contributed by atoms with Crippen LogP contribution in [0.15, 0.2) is 6.20 Å². The van der Waals surface area contributed by atoms with Gasteiger partial charge in [0.15, 0.2) is 0 Å². The minimum absolute atomic E-state index is 0.731. The second-order valence-electron chi connectivity index (χ2n) is 4.47. The van der Waals surface area contributed by atoms with Crippen molar-refractivity contribution in [3.05, 3.63) is 11.9 Å². The summed E-state index contributed by atoms with van der Waals surface area (Å²) in [6, 6.07) is 0.731. The van der Waals surface area contributed by atoms with Gasteiger partial charge in [-0.15, -0.1) is 0 Å². The molecule has 2 N–H and O–H groups in total. The van der Waals surface area contributed by atoms with Crippen molar-refractivity contribution in [3.8, 4) is 0 Å². The van der Waals surface area contributed by atoms with Gasteiger partial charge in [0.1, 0.15) is 0 Å². The van der Waals surface area contributed by atoms with Gasteiger partial charge in [-0.2, -0.15) is 5.10 Å². The molecule has 0 spiro atoms. The number of nitrogens with zero attached hydrogens (tertiary/aromatic N) is 3. The minimum atomic E-state index is 0.731. The second kappa shape index (κ2) is 4.23. The lowest BCUT2D eigenvalue weighted by atomic mass is 10.1. The number of aromatic nitrogens is 2. The van der Waals surface area contributed by atoms with Crippen molar-refractivity contribution < 1.29 is 0 Å². The maximum atomic E-state index is 5.76. The first-order valence-corrected chi connectivity index (χ1v) is 5.66. The number of nitrogens with two attached hydrogens (primary N) is 1. The highest BCUT2D eigenvalue weighted by Gasteiger charge is 2.20. The zero-order valence-corrected chi connectivity index (χ0v) is 9.61. The first-order chi connectivity index (χ1) is 7.18. The molecule has 15 heavy (non-hydrogen) atoms. The molecule has 1 aliphatic rings. The highest BCUT2D eigenvalue weighted by molar-refractivity contribution is 5.39. The summed E-state index contributed by atoms with van der Waals surface area (Å²) in [5.41, 5.74) is 7.65.